The number of sulfonamides is 1. The molecule has 0 aliphatic rings. The van der Waals surface area contributed by atoms with E-state index in [-0.39, 0.29) is 54.4 Å². The summed E-state index contributed by atoms with van der Waals surface area (Å²) in [6.07, 6.45) is 4.17. The summed E-state index contributed by atoms with van der Waals surface area (Å²) < 4.78 is 52.1. The number of anilines is 2. The van der Waals surface area contributed by atoms with Gasteiger partial charge in [0.25, 0.3) is 5.88 Å². The van der Waals surface area contributed by atoms with E-state index in [1.807, 2.05) is 30.3 Å². The predicted octanol–water partition coefficient (Wildman–Crippen LogP) is 5.35. The smallest absolute Gasteiger partial charge is 0.412 e. The number of nitrogens with zero attached hydrogens (tertiary/aromatic N) is 4. The molecule has 236 valence electrons. The maximum atomic E-state index is 13.4. The van der Waals surface area contributed by atoms with E-state index in [4.69, 9.17) is 18.9 Å². The SMILES string of the molecule is COc1ccccc1Oc1c(NS(=O)(=O)CCc2ccccc2)nc(-c2ccncc2)nc1OCCOC(=O)Nc1ccccn1. The summed E-state index contributed by atoms with van der Waals surface area (Å²) in [5, 5.41) is 2.51. The Morgan fingerprint density at radius 1 is 0.826 bits per heavy atom. The van der Waals surface area contributed by atoms with E-state index in [0.29, 0.717) is 17.1 Å². The van der Waals surface area contributed by atoms with Crippen LogP contribution in [0.25, 0.3) is 11.4 Å². The van der Waals surface area contributed by atoms with Gasteiger partial charge in [0.05, 0.1) is 12.9 Å². The number of carbonyl (C=O) groups excluding carboxylic acids is 1. The minimum Gasteiger partial charge on any atom is -0.493 e. The van der Waals surface area contributed by atoms with Crippen molar-refractivity contribution in [2.45, 2.75) is 6.42 Å². The highest BCUT2D eigenvalue weighted by atomic mass is 32.2. The first-order chi connectivity index (χ1) is 22.4. The molecular formula is C32H30N6O7S. The average Bonchev–Trinajstić information content (AvgIpc) is 3.08. The van der Waals surface area contributed by atoms with E-state index in [1.165, 1.54) is 13.3 Å². The first-order valence-electron chi connectivity index (χ1n) is 14.1. The number of hydrogen-bond acceptors (Lipinski definition) is 11. The van der Waals surface area contributed by atoms with Crippen LogP contribution >= 0.6 is 0 Å². The van der Waals surface area contributed by atoms with Gasteiger partial charge < -0.3 is 18.9 Å². The lowest BCUT2D eigenvalue weighted by Gasteiger charge is -2.18. The van der Waals surface area contributed by atoms with E-state index in [9.17, 15) is 13.2 Å². The van der Waals surface area contributed by atoms with Crippen LogP contribution in [0.4, 0.5) is 16.4 Å². The summed E-state index contributed by atoms with van der Waals surface area (Å²) in [5.41, 5.74) is 1.40. The van der Waals surface area contributed by atoms with Crippen molar-refractivity contribution in [2.24, 2.45) is 0 Å². The number of amides is 1. The summed E-state index contributed by atoms with van der Waals surface area (Å²) in [6, 6.07) is 24.4. The van der Waals surface area contributed by atoms with Crippen LogP contribution in [0, 0.1) is 0 Å². The summed E-state index contributed by atoms with van der Waals surface area (Å²) in [7, 11) is -2.47. The van der Waals surface area contributed by atoms with Gasteiger partial charge in [0.2, 0.25) is 15.8 Å². The highest BCUT2D eigenvalue weighted by Gasteiger charge is 2.24. The Labute approximate surface area is 265 Å². The second-order valence-corrected chi connectivity index (χ2v) is 11.3. The van der Waals surface area contributed by atoms with Crippen LogP contribution in [0.2, 0.25) is 0 Å². The minimum atomic E-state index is -3.95. The molecule has 0 fully saturated rings. The minimum absolute atomic E-state index is 0.109. The molecule has 0 aliphatic heterocycles. The van der Waals surface area contributed by atoms with Gasteiger partial charge in [-0.2, -0.15) is 4.98 Å². The number of benzene rings is 2. The Kier molecular flexibility index (Phi) is 10.5. The average molecular weight is 643 g/mol. The number of hydrogen-bond donors (Lipinski definition) is 2. The zero-order valence-electron chi connectivity index (χ0n) is 24.7. The molecule has 0 aliphatic carbocycles. The number of pyridine rings is 2. The van der Waals surface area contributed by atoms with Crippen LogP contribution in [0.3, 0.4) is 0 Å². The summed E-state index contributed by atoms with van der Waals surface area (Å²) in [4.78, 5) is 29.4. The molecule has 14 heteroatoms. The topological polar surface area (TPSA) is 164 Å². The molecule has 0 saturated heterocycles. The molecule has 0 atom stereocenters. The molecular weight excluding hydrogens is 612 g/mol. The van der Waals surface area contributed by atoms with Crippen LogP contribution < -0.4 is 24.2 Å². The molecule has 13 nitrogen and oxygen atoms in total. The van der Waals surface area contributed by atoms with Gasteiger partial charge in [0.1, 0.15) is 19.0 Å². The Bertz CT molecular complexity index is 1850. The predicted molar refractivity (Wildman–Crippen MR) is 171 cm³/mol. The summed E-state index contributed by atoms with van der Waals surface area (Å²) in [5.74, 6) is 0.470. The molecule has 1 amide bonds. The molecule has 0 bridgehead atoms. The molecule has 3 heterocycles. The van der Waals surface area contributed by atoms with Crippen molar-refractivity contribution < 1.29 is 32.2 Å². The van der Waals surface area contributed by atoms with Gasteiger partial charge in [0.15, 0.2) is 23.1 Å². The van der Waals surface area contributed by atoms with Gasteiger partial charge in [-0.05, 0) is 48.4 Å². The second kappa shape index (κ2) is 15.3. The van der Waals surface area contributed by atoms with E-state index in [1.54, 1.807) is 67.0 Å². The van der Waals surface area contributed by atoms with E-state index >= 15 is 0 Å². The third kappa shape index (κ3) is 8.89. The van der Waals surface area contributed by atoms with Crippen molar-refractivity contribution >= 4 is 27.8 Å². The molecule has 0 unspecified atom stereocenters. The van der Waals surface area contributed by atoms with Crippen molar-refractivity contribution in [3.8, 4) is 34.5 Å². The lowest BCUT2D eigenvalue weighted by molar-refractivity contribution is 0.135. The lowest BCUT2D eigenvalue weighted by atomic mass is 10.2. The number of methoxy groups -OCH3 is 1. The third-order valence-corrected chi connectivity index (χ3v) is 7.50. The molecule has 2 aromatic carbocycles. The quantitative estimate of drug-likeness (QED) is 0.150. The molecule has 3 aromatic heterocycles. The van der Waals surface area contributed by atoms with Crippen molar-refractivity contribution in [3.05, 3.63) is 109 Å². The van der Waals surface area contributed by atoms with Crippen LogP contribution in [0.15, 0.2) is 104 Å². The largest absolute Gasteiger partial charge is 0.493 e. The lowest BCUT2D eigenvalue weighted by Crippen LogP contribution is -2.21. The van der Waals surface area contributed by atoms with Crippen molar-refractivity contribution in [2.75, 3.05) is 36.1 Å². The van der Waals surface area contributed by atoms with Gasteiger partial charge >= 0.3 is 6.09 Å². The van der Waals surface area contributed by atoms with Crippen LogP contribution in [0.5, 0.6) is 23.1 Å². The van der Waals surface area contributed by atoms with Gasteiger partial charge in [-0.3, -0.25) is 15.0 Å². The molecule has 5 rings (SSSR count). The van der Waals surface area contributed by atoms with Crippen LogP contribution in [-0.4, -0.2) is 60.5 Å². The fourth-order valence-corrected chi connectivity index (χ4v) is 5.12. The molecule has 0 spiro atoms. The first-order valence-corrected chi connectivity index (χ1v) is 15.7. The fourth-order valence-electron chi connectivity index (χ4n) is 4.08. The first kappa shape index (κ1) is 31.7. The molecule has 2 N–H and O–H groups in total. The highest BCUT2D eigenvalue weighted by Crippen LogP contribution is 2.41. The Morgan fingerprint density at radius 2 is 1.57 bits per heavy atom. The van der Waals surface area contributed by atoms with Crippen molar-refractivity contribution in [1.29, 1.82) is 0 Å². The summed E-state index contributed by atoms with van der Waals surface area (Å²) >= 11 is 0. The third-order valence-electron chi connectivity index (χ3n) is 6.26. The normalized spacial score (nSPS) is 10.9. The zero-order valence-corrected chi connectivity index (χ0v) is 25.5. The van der Waals surface area contributed by atoms with E-state index in [2.05, 4.69) is 30.0 Å². The Hall–Kier alpha value is -5.76. The van der Waals surface area contributed by atoms with Gasteiger partial charge in [-0.25, -0.2) is 23.2 Å². The Balaban J connectivity index is 1.45. The van der Waals surface area contributed by atoms with Gasteiger partial charge in [-0.15, -0.1) is 0 Å². The summed E-state index contributed by atoms with van der Waals surface area (Å²) in [6.45, 7) is -0.343. The number of carbonyl (C=O) groups is 1. The number of rotatable bonds is 14. The molecule has 46 heavy (non-hydrogen) atoms. The second-order valence-electron chi connectivity index (χ2n) is 9.50. The highest BCUT2D eigenvalue weighted by molar-refractivity contribution is 7.92. The number of ether oxygens (including phenoxy) is 4. The number of aromatic nitrogens is 4. The Morgan fingerprint density at radius 3 is 2.30 bits per heavy atom. The van der Waals surface area contributed by atoms with Gasteiger partial charge in [-0.1, -0.05) is 48.5 Å². The number of para-hydroxylation sites is 2. The zero-order chi connectivity index (χ0) is 32.2. The number of nitrogens with one attached hydrogen (secondary N) is 2. The number of aryl methyl sites for hydroxylation is 1. The molecule has 0 radical (unpaired) electrons. The standard InChI is InChI=1S/C32H30N6O7S/c1-42-25-11-5-6-12-26(25)45-28-30(38-46(40,41)22-16-23-9-3-2-4-10-23)36-29(24-14-18-33-19-15-24)37-31(28)43-20-21-44-32(39)35-27-13-7-8-17-34-27/h2-15,17-19H,16,20-22H2,1H3,(H,34,35,39)(H,36,37,38). The van der Waals surface area contributed by atoms with E-state index in [0.717, 1.165) is 5.56 Å². The van der Waals surface area contributed by atoms with Gasteiger partial charge in [0, 0.05) is 24.2 Å². The monoisotopic (exact) mass is 642 g/mol. The molecule has 5 aromatic rings. The van der Waals surface area contributed by atoms with Crippen molar-refractivity contribution in [1.82, 2.24) is 19.9 Å². The maximum Gasteiger partial charge on any atom is 0.412 e. The van der Waals surface area contributed by atoms with E-state index < -0.39 is 16.1 Å². The van der Waals surface area contributed by atoms with Crippen molar-refractivity contribution in [3.63, 3.8) is 0 Å². The van der Waals surface area contributed by atoms with Crippen LogP contribution in [-0.2, 0) is 21.2 Å². The molecule has 0 saturated carbocycles. The van der Waals surface area contributed by atoms with Crippen LogP contribution in [0.1, 0.15) is 5.56 Å². The fraction of sp³-hybridized carbons (Fsp3) is 0.156. The maximum absolute atomic E-state index is 13.4.